The molecular weight excluding hydrogens is 231 g/mol. The summed E-state index contributed by atoms with van der Waals surface area (Å²) in [4.78, 5) is 3.64. The SMILES string of the molecule is OOC(O)(Cl)c1ccccc1.[Cu]. The van der Waals surface area contributed by atoms with E-state index >= 15 is 0 Å². The first-order valence-corrected chi connectivity index (χ1v) is 3.34. The van der Waals surface area contributed by atoms with E-state index in [9.17, 15) is 0 Å². The third kappa shape index (κ3) is 2.75. The predicted octanol–water partition coefficient (Wildman–Crippen LogP) is 1.52. The molecule has 1 rings (SSSR count). The van der Waals surface area contributed by atoms with Crippen LogP contribution in [-0.4, -0.2) is 10.4 Å². The molecule has 3 nitrogen and oxygen atoms in total. The van der Waals surface area contributed by atoms with Gasteiger partial charge in [-0.1, -0.05) is 30.3 Å². The van der Waals surface area contributed by atoms with E-state index in [4.69, 9.17) is 22.0 Å². The molecule has 0 heterocycles. The van der Waals surface area contributed by atoms with Crippen LogP contribution in [0.15, 0.2) is 30.3 Å². The molecule has 1 aromatic carbocycles. The predicted molar refractivity (Wildman–Crippen MR) is 39.9 cm³/mol. The van der Waals surface area contributed by atoms with E-state index in [0.717, 1.165) is 0 Å². The molecule has 0 saturated carbocycles. The minimum Gasteiger partial charge on any atom is -0.348 e. The number of halogens is 1. The zero-order valence-corrected chi connectivity index (χ0v) is 7.57. The molecule has 0 bridgehead atoms. The van der Waals surface area contributed by atoms with E-state index in [0.29, 0.717) is 0 Å². The maximum absolute atomic E-state index is 9.09. The Balaban J connectivity index is 0.00000121. The van der Waals surface area contributed by atoms with Gasteiger partial charge in [-0.25, -0.2) is 5.26 Å². The molecular formula is C7H7ClCuO3. The molecule has 1 atom stereocenters. The van der Waals surface area contributed by atoms with Gasteiger partial charge in [0, 0.05) is 22.6 Å². The zero-order valence-electron chi connectivity index (χ0n) is 5.87. The Morgan fingerprint density at radius 1 is 1.25 bits per heavy atom. The van der Waals surface area contributed by atoms with Gasteiger partial charge in [0.15, 0.2) is 0 Å². The monoisotopic (exact) mass is 237 g/mol. The Kier molecular flexibility index (Phi) is 4.78. The summed E-state index contributed by atoms with van der Waals surface area (Å²) in [5, 5.41) is 15.1. The van der Waals surface area contributed by atoms with Gasteiger partial charge >= 0.3 is 5.25 Å². The van der Waals surface area contributed by atoms with Crippen LogP contribution in [0.25, 0.3) is 0 Å². The van der Waals surface area contributed by atoms with Gasteiger partial charge in [0.05, 0.1) is 0 Å². The van der Waals surface area contributed by atoms with Crippen LogP contribution in [-0.2, 0) is 27.2 Å². The molecule has 0 aliphatic carbocycles. The van der Waals surface area contributed by atoms with E-state index in [2.05, 4.69) is 4.89 Å². The fourth-order valence-electron chi connectivity index (χ4n) is 0.696. The Hall–Kier alpha value is -0.0905. The Morgan fingerprint density at radius 3 is 2.17 bits per heavy atom. The van der Waals surface area contributed by atoms with Gasteiger partial charge in [-0.3, -0.25) is 0 Å². The minimum atomic E-state index is -2.14. The fourth-order valence-corrected chi connectivity index (χ4v) is 0.822. The van der Waals surface area contributed by atoms with Gasteiger partial charge in [0.1, 0.15) is 0 Å². The molecule has 0 aliphatic rings. The Bertz CT molecular complexity index is 227. The van der Waals surface area contributed by atoms with Crippen LogP contribution in [0.5, 0.6) is 0 Å². The Labute approximate surface area is 85.3 Å². The van der Waals surface area contributed by atoms with E-state index in [1.165, 1.54) is 12.1 Å². The van der Waals surface area contributed by atoms with Crippen molar-refractivity contribution in [3.63, 3.8) is 0 Å². The molecule has 1 aromatic rings. The first-order valence-electron chi connectivity index (χ1n) is 2.96. The molecule has 2 N–H and O–H groups in total. The van der Waals surface area contributed by atoms with Crippen LogP contribution in [0.3, 0.4) is 0 Å². The van der Waals surface area contributed by atoms with Crippen molar-refractivity contribution in [3.05, 3.63) is 35.9 Å². The number of aliphatic hydroxyl groups is 1. The van der Waals surface area contributed by atoms with Crippen molar-refractivity contribution in [1.82, 2.24) is 0 Å². The minimum absolute atomic E-state index is 0. The number of benzene rings is 1. The second-order valence-corrected chi connectivity index (χ2v) is 2.53. The van der Waals surface area contributed by atoms with Crippen LogP contribution in [0.1, 0.15) is 5.56 Å². The van der Waals surface area contributed by atoms with E-state index in [1.807, 2.05) is 0 Å². The summed E-state index contributed by atoms with van der Waals surface area (Å²) in [6.45, 7) is 0. The average molecular weight is 238 g/mol. The largest absolute Gasteiger partial charge is 0.348 e. The fraction of sp³-hybridized carbons (Fsp3) is 0.143. The zero-order chi connectivity index (χ0) is 8.32. The molecule has 12 heavy (non-hydrogen) atoms. The van der Waals surface area contributed by atoms with E-state index in [-0.39, 0.29) is 22.6 Å². The average Bonchev–Trinajstić information content (AvgIpc) is 2.06. The topological polar surface area (TPSA) is 49.7 Å². The maximum Gasteiger partial charge on any atom is 0.302 e. The molecule has 1 radical (unpaired) electrons. The van der Waals surface area contributed by atoms with Crippen LogP contribution >= 0.6 is 11.6 Å². The molecule has 0 amide bonds. The Morgan fingerprint density at radius 2 is 1.75 bits per heavy atom. The van der Waals surface area contributed by atoms with Crippen molar-refractivity contribution in [2.24, 2.45) is 0 Å². The van der Waals surface area contributed by atoms with Crippen molar-refractivity contribution in [3.8, 4) is 0 Å². The van der Waals surface area contributed by atoms with Crippen molar-refractivity contribution in [2.45, 2.75) is 5.25 Å². The van der Waals surface area contributed by atoms with Gasteiger partial charge in [-0.15, -0.1) is 0 Å². The smallest absolute Gasteiger partial charge is 0.302 e. The molecule has 0 aliphatic heterocycles. The summed E-state index contributed by atoms with van der Waals surface area (Å²) < 4.78 is 0. The van der Waals surface area contributed by atoms with Crippen molar-refractivity contribution < 1.29 is 32.3 Å². The van der Waals surface area contributed by atoms with Crippen molar-refractivity contribution in [1.29, 1.82) is 0 Å². The summed E-state index contributed by atoms with van der Waals surface area (Å²) in [5.74, 6) is 0. The van der Waals surface area contributed by atoms with Gasteiger partial charge in [0.2, 0.25) is 0 Å². The third-order valence-corrected chi connectivity index (χ3v) is 1.54. The molecule has 0 fully saturated rings. The molecule has 71 valence electrons. The van der Waals surface area contributed by atoms with E-state index in [1.54, 1.807) is 18.2 Å². The van der Waals surface area contributed by atoms with E-state index < -0.39 is 5.25 Å². The molecule has 1 unspecified atom stereocenters. The molecule has 5 heteroatoms. The van der Waals surface area contributed by atoms with Crippen molar-refractivity contribution in [2.75, 3.05) is 0 Å². The standard InChI is InChI=1S/C7H7ClO3.Cu/c8-7(9,11-10)6-4-2-1-3-5-6;/h1-5,9-10H;. The third-order valence-electron chi connectivity index (χ3n) is 1.25. The normalized spacial score (nSPS) is 14.6. The van der Waals surface area contributed by atoms with Crippen LogP contribution < -0.4 is 0 Å². The molecule has 0 spiro atoms. The molecule has 0 saturated heterocycles. The summed E-state index contributed by atoms with van der Waals surface area (Å²) in [6.07, 6.45) is 0. The van der Waals surface area contributed by atoms with Gasteiger partial charge in [0.25, 0.3) is 0 Å². The second-order valence-electron chi connectivity index (χ2n) is 2.02. The number of alkyl halides is 1. The summed E-state index contributed by atoms with van der Waals surface area (Å²) in [6, 6.07) is 8.16. The van der Waals surface area contributed by atoms with Crippen molar-refractivity contribution >= 4 is 11.6 Å². The quantitative estimate of drug-likeness (QED) is 0.270. The first-order chi connectivity index (χ1) is 5.17. The van der Waals surface area contributed by atoms with Crippen LogP contribution in [0.2, 0.25) is 0 Å². The summed E-state index contributed by atoms with van der Waals surface area (Å²) >= 11 is 5.33. The van der Waals surface area contributed by atoms with Gasteiger partial charge < -0.3 is 5.11 Å². The first kappa shape index (κ1) is 11.9. The van der Waals surface area contributed by atoms with Gasteiger partial charge in [-0.2, -0.15) is 4.89 Å². The number of hydrogen-bond donors (Lipinski definition) is 2. The second kappa shape index (κ2) is 4.82. The number of rotatable bonds is 2. The van der Waals surface area contributed by atoms with Crippen LogP contribution in [0.4, 0.5) is 0 Å². The molecule has 0 aromatic heterocycles. The summed E-state index contributed by atoms with van der Waals surface area (Å²) in [7, 11) is 0. The van der Waals surface area contributed by atoms with Crippen LogP contribution in [0, 0.1) is 0 Å². The van der Waals surface area contributed by atoms with Gasteiger partial charge in [-0.05, 0) is 11.6 Å². The maximum atomic E-state index is 9.09. The summed E-state index contributed by atoms with van der Waals surface area (Å²) in [5.41, 5.74) is 0.282. The number of hydrogen-bond acceptors (Lipinski definition) is 3.